The minimum atomic E-state index is -0.411. The molecule has 0 aromatic heterocycles. The molecule has 2 heterocycles. The van der Waals surface area contributed by atoms with Crippen LogP contribution in [-0.2, 0) is 11.3 Å². The van der Waals surface area contributed by atoms with Crippen molar-refractivity contribution < 1.29 is 19.3 Å². The number of rotatable bonds is 7. The summed E-state index contributed by atoms with van der Waals surface area (Å²) in [6.07, 6.45) is 3.37. The van der Waals surface area contributed by atoms with Crippen molar-refractivity contribution in [3.8, 4) is 11.5 Å². The molecule has 2 aliphatic heterocycles. The highest BCUT2D eigenvalue weighted by atomic mass is 16.7. The third-order valence-corrected chi connectivity index (χ3v) is 6.65. The predicted octanol–water partition coefficient (Wildman–Crippen LogP) is 3.13. The van der Waals surface area contributed by atoms with Gasteiger partial charge in [0, 0.05) is 39.3 Å². The molecule has 6 nitrogen and oxygen atoms in total. The van der Waals surface area contributed by atoms with Gasteiger partial charge in [0.2, 0.25) is 6.79 Å². The van der Waals surface area contributed by atoms with Crippen LogP contribution < -0.4 is 9.47 Å². The van der Waals surface area contributed by atoms with E-state index in [1.807, 2.05) is 6.07 Å². The van der Waals surface area contributed by atoms with Crippen molar-refractivity contribution in [3.63, 3.8) is 0 Å². The number of benzene rings is 1. The van der Waals surface area contributed by atoms with E-state index < -0.39 is 6.10 Å². The van der Waals surface area contributed by atoms with E-state index in [0.29, 0.717) is 31.3 Å². The molecule has 3 atom stereocenters. The van der Waals surface area contributed by atoms with Crippen LogP contribution in [0.5, 0.6) is 11.5 Å². The minimum Gasteiger partial charge on any atom is -0.454 e. The highest BCUT2D eigenvalue weighted by molar-refractivity contribution is 5.44. The Morgan fingerprint density at radius 3 is 2.60 bits per heavy atom. The standard InChI is InChI=1S/C24H38N2O4/c1-18-10-21(13-24(2,3)12-18)28-16-20(27)15-26-8-6-25(7-9-26)14-19-4-5-22-23(11-19)30-17-29-22/h4-5,11,18,20-21,27H,6-10,12-17H2,1-3H3/t18-,20+,21+/m0/s1. The number of β-amino-alcohol motifs (C(OH)–C–C–N with tert-alkyl or cyclic N) is 1. The Hall–Kier alpha value is -1.34. The van der Waals surface area contributed by atoms with E-state index >= 15 is 0 Å². The molecule has 0 bridgehead atoms. The quantitative estimate of drug-likeness (QED) is 0.734. The van der Waals surface area contributed by atoms with Crippen molar-refractivity contribution in [1.82, 2.24) is 9.80 Å². The van der Waals surface area contributed by atoms with Gasteiger partial charge in [-0.05, 0) is 48.3 Å². The van der Waals surface area contributed by atoms with Gasteiger partial charge in [-0.3, -0.25) is 9.80 Å². The molecule has 1 aliphatic carbocycles. The highest BCUT2D eigenvalue weighted by Gasteiger charge is 2.33. The molecule has 3 aliphatic rings. The molecular formula is C24H38N2O4. The lowest BCUT2D eigenvalue weighted by atomic mass is 9.71. The van der Waals surface area contributed by atoms with Crippen LogP contribution in [0.15, 0.2) is 18.2 Å². The largest absolute Gasteiger partial charge is 0.454 e. The lowest BCUT2D eigenvalue weighted by molar-refractivity contribution is -0.0634. The Morgan fingerprint density at radius 1 is 1.10 bits per heavy atom. The molecule has 2 fully saturated rings. The molecule has 0 unspecified atom stereocenters. The summed E-state index contributed by atoms with van der Waals surface area (Å²) in [5, 5.41) is 10.5. The van der Waals surface area contributed by atoms with Crippen molar-refractivity contribution in [2.45, 2.75) is 58.8 Å². The van der Waals surface area contributed by atoms with Crippen LogP contribution in [0.3, 0.4) is 0 Å². The number of aliphatic hydroxyl groups is 1. The summed E-state index contributed by atoms with van der Waals surface area (Å²) in [6, 6.07) is 6.20. The van der Waals surface area contributed by atoms with Crippen molar-refractivity contribution in [2.24, 2.45) is 11.3 Å². The first-order chi connectivity index (χ1) is 14.4. The zero-order chi connectivity index (χ0) is 21.1. The molecule has 1 saturated carbocycles. The Kier molecular flexibility index (Phi) is 6.88. The van der Waals surface area contributed by atoms with E-state index in [4.69, 9.17) is 14.2 Å². The molecule has 30 heavy (non-hydrogen) atoms. The van der Waals surface area contributed by atoms with Crippen LogP contribution in [0.4, 0.5) is 0 Å². The number of hydrogen-bond donors (Lipinski definition) is 1. The summed E-state index contributed by atoms with van der Waals surface area (Å²) in [7, 11) is 0. The van der Waals surface area contributed by atoms with E-state index in [-0.39, 0.29) is 6.10 Å². The summed E-state index contributed by atoms with van der Waals surface area (Å²) in [4.78, 5) is 4.82. The van der Waals surface area contributed by atoms with Gasteiger partial charge in [0.15, 0.2) is 11.5 Å². The normalized spacial score (nSPS) is 27.9. The van der Waals surface area contributed by atoms with E-state index in [1.165, 1.54) is 12.0 Å². The number of nitrogens with zero attached hydrogens (tertiary/aromatic N) is 2. The van der Waals surface area contributed by atoms with E-state index in [2.05, 4.69) is 42.7 Å². The van der Waals surface area contributed by atoms with E-state index in [1.54, 1.807) is 0 Å². The van der Waals surface area contributed by atoms with Gasteiger partial charge in [0.1, 0.15) is 0 Å². The van der Waals surface area contributed by atoms with Gasteiger partial charge in [-0.15, -0.1) is 0 Å². The second-order valence-electron chi connectivity index (χ2n) is 10.3. The van der Waals surface area contributed by atoms with Gasteiger partial charge in [0.25, 0.3) is 0 Å². The van der Waals surface area contributed by atoms with Crippen molar-refractivity contribution in [2.75, 3.05) is 46.1 Å². The van der Waals surface area contributed by atoms with Crippen LogP contribution in [0.2, 0.25) is 0 Å². The Morgan fingerprint density at radius 2 is 1.83 bits per heavy atom. The topological polar surface area (TPSA) is 54.4 Å². The summed E-state index contributed by atoms with van der Waals surface area (Å²) in [6.45, 7) is 13.4. The molecule has 1 aromatic rings. The highest BCUT2D eigenvalue weighted by Crippen LogP contribution is 2.39. The van der Waals surface area contributed by atoms with E-state index in [0.717, 1.165) is 57.1 Å². The predicted molar refractivity (Wildman–Crippen MR) is 117 cm³/mol. The van der Waals surface area contributed by atoms with Crippen LogP contribution in [0.25, 0.3) is 0 Å². The second-order valence-corrected chi connectivity index (χ2v) is 10.3. The molecule has 1 aromatic carbocycles. The molecule has 168 valence electrons. The van der Waals surface area contributed by atoms with Gasteiger partial charge in [-0.1, -0.05) is 26.8 Å². The molecule has 0 amide bonds. The van der Waals surface area contributed by atoms with Crippen molar-refractivity contribution in [1.29, 1.82) is 0 Å². The first kappa shape index (κ1) is 21.9. The minimum absolute atomic E-state index is 0.289. The van der Waals surface area contributed by atoms with Gasteiger partial charge < -0.3 is 19.3 Å². The fourth-order valence-corrected chi connectivity index (χ4v) is 5.41. The van der Waals surface area contributed by atoms with Gasteiger partial charge >= 0.3 is 0 Å². The first-order valence-corrected chi connectivity index (χ1v) is 11.5. The summed E-state index contributed by atoms with van der Waals surface area (Å²) in [5.41, 5.74) is 1.60. The zero-order valence-electron chi connectivity index (χ0n) is 18.8. The maximum atomic E-state index is 10.5. The smallest absolute Gasteiger partial charge is 0.231 e. The fourth-order valence-electron chi connectivity index (χ4n) is 5.41. The third-order valence-electron chi connectivity index (χ3n) is 6.65. The lowest BCUT2D eigenvalue weighted by Gasteiger charge is -2.39. The summed E-state index contributed by atoms with van der Waals surface area (Å²) >= 11 is 0. The monoisotopic (exact) mass is 418 g/mol. The van der Waals surface area contributed by atoms with Gasteiger partial charge in [-0.25, -0.2) is 0 Å². The number of aliphatic hydroxyl groups excluding tert-OH is 1. The maximum absolute atomic E-state index is 10.5. The van der Waals surface area contributed by atoms with Crippen LogP contribution in [-0.4, -0.2) is 73.2 Å². The number of fused-ring (bicyclic) bond motifs is 1. The van der Waals surface area contributed by atoms with Crippen LogP contribution in [0.1, 0.15) is 45.6 Å². The average molecular weight is 419 g/mol. The number of ether oxygens (including phenoxy) is 3. The zero-order valence-corrected chi connectivity index (χ0v) is 18.8. The third kappa shape index (κ3) is 5.88. The van der Waals surface area contributed by atoms with Gasteiger partial charge in [0.05, 0.1) is 18.8 Å². The molecule has 0 radical (unpaired) electrons. The Bertz CT molecular complexity index is 702. The molecule has 4 rings (SSSR count). The first-order valence-electron chi connectivity index (χ1n) is 11.5. The van der Waals surface area contributed by atoms with E-state index in [9.17, 15) is 5.11 Å². The summed E-state index contributed by atoms with van der Waals surface area (Å²) < 4.78 is 17.0. The maximum Gasteiger partial charge on any atom is 0.231 e. The van der Waals surface area contributed by atoms with Crippen molar-refractivity contribution >= 4 is 0 Å². The second kappa shape index (κ2) is 9.43. The Balaban J connectivity index is 1.16. The molecule has 0 spiro atoms. The molecule has 1 N–H and O–H groups in total. The Labute approximate surface area is 181 Å². The van der Waals surface area contributed by atoms with Crippen molar-refractivity contribution in [3.05, 3.63) is 23.8 Å². The SMILES string of the molecule is C[C@H]1C[C@@H](OC[C@H](O)CN2CCN(Cc3ccc4c(c3)OCO4)CC2)CC(C)(C)C1. The fraction of sp³-hybridized carbons (Fsp3) is 0.750. The molecule has 6 heteroatoms. The van der Waals surface area contributed by atoms with Crippen LogP contribution >= 0.6 is 0 Å². The van der Waals surface area contributed by atoms with Crippen LogP contribution in [0, 0.1) is 11.3 Å². The average Bonchev–Trinajstić information content (AvgIpc) is 3.14. The lowest BCUT2D eigenvalue weighted by Crippen LogP contribution is -2.48. The molecular weight excluding hydrogens is 380 g/mol. The van der Waals surface area contributed by atoms with Gasteiger partial charge in [-0.2, -0.15) is 0 Å². The summed E-state index contributed by atoms with van der Waals surface area (Å²) in [5.74, 6) is 2.39. The number of piperazine rings is 1. The molecule has 1 saturated heterocycles. The number of hydrogen-bond acceptors (Lipinski definition) is 6.